The van der Waals surface area contributed by atoms with Crippen molar-refractivity contribution in [2.75, 3.05) is 20.3 Å². The smallest absolute Gasteiger partial charge is 0.118 e. The van der Waals surface area contributed by atoms with E-state index in [9.17, 15) is 0 Å². The lowest BCUT2D eigenvalue weighted by molar-refractivity contribution is 0.122. The molecule has 0 amide bonds. The van der Waals surface area contributed by atoms with Gasteiger partial charge in [0.15, 0.2) is 0 Å². The summed E-state index contributed by atoms with van der Waals surface area (Å²) in [5, 5.41) is 3.32. The van der Waals surface area contributed by atoms with Gasteiger partial charge in [-0.15, -0.1) is 0 Å². The quantitative estimate of drug-likeness (QED) is 0.749. The zero-order valence-corrected chi connectivity index (χ0v) is 11.7. The third kappa shape index (κ3) is 4.99. The summed E-state index contributed by atoms with van der Waals surface area (Å²) >= 11 is 0. The van der Waals surface area contributed by atoms with Gasteiger partial charge in [0.25, 0.3) is 0 Å². The van der Waals surface area contributed by atoms with Crippen molar-refractivity contribution in [2.45, 2.75) is 13.2 Å². The van der Waals surface area contributed by atoms with Gasteiger partial charge in [-0.3, -0.25) is 4.98 Å². The average molecular weight is 272 g/mol. The largest absolute Gasteiger partial charge is 0.497 e. The molecule has 0 saturated carbocycles. The highest BCUT2D eigenvalue weighted by Gasteiger charge is 1.95. The Kier molecular flexibility index (Phi) is 6.02. The number of benzene rings is 1. The van der Waals surface area contributed by atoms with Gasteiger partial charge in [0.2, 0.25) is 0 Å². The predicted molar refractivity (Wildman–Crippen MR) is 78.6 cm³/mol. The number of nitrogens with zero attached hydrogens (tertiary/aromatic N) is 1. The number of ether oxygens (including phenoxy) is 2. The summed E-state index contributed by atoms with van der Waals surface area (Å²) in [4.78, 5) is 4.07. The van der Waals surface area contributed by atoms with Crippen molar-refractivity contribution in [3.8, 4) is 5.75 Å². The van der Waals surface area contributed by atoms with E-state index in [1.165, 1.54) is 5.56 Å². The first-order chi connectivity index (χ1) is 9.88. The van der Waals surface area contributed by atoms with Crippen LogP contribution in [0.3, 0.4) is 0 Å². The molecule has 0 aliphatic rings. The van der Waals surface area contributed by atoms with Gasteiger partial charge >= 0.3 is 0 Å². The lowest BCUT2D eigenvalue weighted by Gasteiger charge is -2.07. The van der Waals surface area contributed by atoms with Crippen LogP contribution in [0.2, 0.25) is 0 Å². The van der Waals surface area contributed by atoms with Crippen LogP contribution in [0.25, 0.3) is 0 Å². The van der Waals surface area contributed by atoms with E-state index in [4.69, 9.17) is 9.47 Å². The molecule has 1 aromatic heterocycles. The van der Waals surface area contributed by atoms with E-state index in [1.54, 1.807) is 13.3 Å². The third-order valence-corrected chi connectivity index (χ3v) is 2.90. The van der Waals surface area contributed by atoms with Crippen molar-refractivity contribution in [1.29, 1.82) is 0 Å². The molecule has 0 bridgehead atoms. The summed E-state index contributed by atoms with van der Waals surface area (Å²) in [7, 11) is 1.67. The fourth-order valence-electron chi connectivity index (χ4n) is 1.79. The van der Waals surface area contributed by atoms with Crippen molar-refractivity contribution in [3.63, 3.8) is 0 Å². The van der Waals surface area contributed by atoms with E-state index in [0.717, 1.165) is 24.4 Å². The highest BCUT2D eigenvalue weighted by Crippen LogP contribution is 2.11. The van der Waals surface area contributed by atoms with Crippen molar-refractivity contribution >= 4 is 0 Å². The Morgan fingerprint density at radius 2 is 1.95 bits per heavy atom. The van der Waals surface area contributed by atoms with E-state index in [-0.39, 0.29) is 0 Å². The molecule has 0 fully saturated rings. The number of aromatic nitrogens is 1. The standard InChI is InChI=1S/C16H20N2O2/c1-19-16-6-4-14(5-7-16)13-20-10-9-18-12-15-3-2-8-17-11-15/h2-8,11,18H,9-10,12-13H2,1H3. The lowest BCUT2D eigenvalue weighted by atomic mass is 10.2. The van der Waals surface area contributed by atoms with Crippen LogP contribution in [0.15, 0.2) is 48.8 Å². The van der Waals surface area contributed by atoms with Crippen LogP contribution in [0.4, 0.5) is 0 Å². The fourth-order valence-corrected chi connectivity index (χ4v) is 1.79. The summed E-state index contributed by atoms with van der Waals surface area (Å²) in [6.07, 6.45) is 3.65. The molecule has 4 nitrogen and oxygen atoms in total. The molecule has 4 heteroatoms. The molecule has 0 saturated heterocycles. The molecule has 2 rings (SSSR count). The van der Waals surface area contributed by atoms with Crippen LogP contribution in [0.1, 0.15) is 11.1 Å². The molecule has 0 aliphatic heterocycles. The number of hydrogen-bond acceptors (Lipinski definition) is 4. The van der Waals surface area contributed by atoms with Gasteiger partial charge in [-0.25, -0.2) is 0 Å². The molecular formula is C16H20N2O2. The predicted octanol–water partition coefficient (Wildman–Crippen LogP) is 2.40. The van der Waals surface area contributed by atoms with Crippen LogP contribution in [0, 0.1) is 0 Å². The van der Waals surface area contributed by atoms with Crippen LogP contribution in [-0.4, -0.2) is 25.2 Å². The molecule has 0 aliphatic carbocycles. The zero-order chi connectivity index (χ0) is 14.0. The van der Waals surface area contributed by atoms with Crippen LogP contribution in [-0.2, 0) is 17.9 Å². The molecule has 0 atom stereocenters. The molecular weight excluding hydrogens is 252 g/mol. The molecule has 1 heterocycles. The summed E-state index contributed by atoms with van der Waals surface area (Å²) < 4.78 is 10.7. The molecule has 0 unspecified atom stereocenters. The summed E-state index contributed by atoms with van der Waals surface area (Å²) in [6, 6.07) is 11.9. The molecule has 106 valence electrons. The molecule has 0 radical (unpaired) electrons. The first-order valence-electron chi connectivity index (χ1n) is 6.69. The summed E-state index contributed by atoms with van der Waals surface area (Å²) in [5.41, 5.74) is 2.33. The highest BCUT2D eigenvalue weighted by atomic mass is 16.5. The number of methoxy groups -OCH3 is 1. The van der Waals surface area contributed by atoms with Gasteiger partial charge in [-0.2, -0.15) is 0 Å². The second kappa shape index (κ2) is 8.30. The first-order valence-corrected chi connectivity index (χ1v) is 6.69. The van der Waals surface area contributed by atoms with Crippen molar-refractivity contribution < 1.29 is 9.47 Å². The second-order valence-corrected chi connectivity index (χ2v) is 4.44. The van der Waals surface area contributed by atoms with Gasteiger partial charge < -0.3 is 14.8 Å². The summed E-state index contributed by atoms with van der Waals surface area (Å²) in [6.45, 7) is 2.95. The van der Waals surface area contributed by atoms with E-state index >= 15 is 0 Å². The Morgan fingerprint density at radius 1 is 1.10 bits per heavy atom. The number of rotatable bonds is 8. The zero-order valence-electron chi connectivity index (χ0n) is 11.7. The molecule has 20 heavy (non-hydrogen) atoms. The van der Waals surface area contributed by atoms with Gasteiger partial charge in [0.05, 0.1) is 20.3 Å². The highest BCUT2D eigenvalue weighted by molar-refractivity contribution is 5.26. The Balaban J connectivity index is 1.57. The van der Waals surface area contributed by atoms with E-state index in [1.807, 2.05) is 36.5 Å². The minimum absolute atomic E-state index is 0.624. The molecule has 1 aromatic carbocycles. The maximum absolute atomic E-state index is 5.61. The Bertz CT molecular complexity index is 486. The van der Waals surface area contributed by atoms with Crippen molar-refractivity contribution in [3.05, 3.63) is 59.9 Å². The van der Waals surface area contributed by atoms with Gasteiger partial charge in [-0.05, 0) is 29.3 Å². The van der Waals surface area contributed by atoms with E-state index < -0.39 is 0 Å². The SMILES string of the molecule is COc1ccc(COCCNCc2cccnc2)cc1. The number of nitrogens with one attached hydrogen (secondary N) is 1. The Hall–Kier alpha value is -1.91. The Morgan fingerprint density at radius 3 is 2.65 bits per heavy atom. The average Bonchev–Trinajstić information content (AvgIpc) is 2.52. The number of pyridine rings is 1. The van der Waals surface area contributed by atoms with E-state index in [2.05, 4.69) is 16.4 Å². The molecule has 0 spiro atoms. The topological polar surface area (TPSA) is 43.4 Å². The van der Waals surface area contributed by atoms with Gasteiger partial charge in [0, 0.05) is 25.5 Å². The van der Waals surface area contributed by atoms with Gasteiger partial charge in [0.1, 0.15) is 5.75 Å². The lowest BCUT2D eigenvalue weighted by Crippen LogP contribution is -2.19. The maximum Gasteiger partial charge on any atom is 0.118 e. The minimum Gasteiger partial charge on any atom is -0.497 e. The van der Waals surface area contributed by atoms with Crippen molar-refractivity contribution in [2.24, 2.45) is 0 Å². The van der Waals surface area contributed by atoms with Gasteiger partial charge in [-0.1, -0.05) is 18.2 Å². The molecule has 2 aromatic rings. The van der Waals surface area contributed by atoms with E-state index in [0.29, 0.717) is 13.2 Å². The first kappa shape index (κ1) is 14.5. The second-order valence-electron chi connectivity index (χ2n) is 4.44. The monoisotopic (exact) mass is 272 g/mol. The van der Waals surface area contributed by atoms with Crippen LogP contribution >= 0.6 is 0 Å². The van der Waals surface area contributed by atoms with Crippen LogP contribution < -0.4 is 10.1 Å². The normalized spacial score (nSPS) is 10.4. The molecule has 1 N–H and O–H groups in total. The maximum atomic E-state index is 5.61. The third-order valence-electron chi connectivity index (χ3n) is 2.90. The van der Waals surface area contributed by atoms with Crippen molar-refractivity contribution in [1.82, 2.24) is 10.3 Å². The minimum atomic E-state index is 0.624. The fraction of sp³-hybridized carbons (Fsp3) is 0.312. The number of hydrogen-bond donors (Lipinski definition) is 1. The van der Waals surface area contributed by atoms with Crippen LogP contribution in [0.5, 0.6) is 5.75 Å². The Labute approximate surface area is 119 Å². The summed E-state index contributed by atoms with van der Waals surface area (Å²) in [5.74, 6) is 0.867.